The lowest BCUT2D eigenvalue weighted by molar-refractivity contribution is -0.135. The van der Waals surface area contributed by atoms with E-state index in [1.165, 1.54) is 0 Å². The first kappa shape index (κ1) is 17.6. The van der Waals surface area contributed by atoms with E-state index in [1.54, 1.807) is 30.3 Å². The molecule has 2 fully saturated rings. The van der Waals surface area contributed by atoms with Gasteiger partial charge in [0.25, 0.3) is 10.5 Å². The van der Waals surface area contributed by atoms with Crippen LogP contribution < -0.4 is 15.4 Å². The van der Waals surface area contributed by atoms with Crippen LogP contribution in [0.4, 0.5) is 9.59 Å². The Bertz CT molecular complexity index is 819. The van der Waals surface area contributed by atoms with E-state index in [1.807, 2.05) is 0 Å². The fourth-order valence-corrected chi connectivity index (χ4v) is 3.89. The van der Waals surface area contributed by atoms with Crippen molar-refractivity contribution in [3.05, 3.63) is 34.7 Å². The second kappa shape index (κ2) is 7.38. The quantitative estimate of drug-likeness (QED) is 0.348. The van der Waals surface area contributed by atoms with Gasteiger partial charge in [-0.3, -0.25) is 24.5 Å². The predicted octanol–water partition coefficient (Wildman–Crippen LogP) is 2.46. The van der Waals surface area contributed by atoms with E-state index in [0.717, 1.165) is 29.1 Å². The number of thioether (sulfide) groups is 2. The number of rotatable bonds is 4. The molecule has 2 aliphatic heterocycles. The van der Waals surface area contributed by atoms with Gasteiger partial charge in [0.2, 0.25) is 5.91 Å². The molecule has 1 aromatic carbocycles. The zero-order valence-electron chi connectivity index (χ0n) is 12.4. The van der Waals surface area contributed by atoms with Gasteiger partial charge < -0.3 is 10.1 Å². The van der Waals surface area contributed by atoms with Crippen molar-refractivity contribution in [1.82, 2.24) is 10.6 Å². The summed E-state index contributed by atoms with van der Waals surface area (Å²) in [6.07, 6.45) is 1.56. The van der Waals surface area contributed by atoms with Crippen molar-refractivity contribution >= 4 is 69.2 Å². The van der Waals surface area contributed by atoms with Crippen molar-refractivity contribution in [2.45, 2.75) is 11.7 Å². The van der Waals surface area contributed by atoms with Gasteiger partial charge in [-0.05, 0) is 35.5 Å². The minimum absolute atomic E-state index is 0.188. The van der Waals surface area contributed by atoms with E-state index < -0.39 is 22.4 Å². The highest BCUT2D eigenvalue weighted by Gasteiger charge is 2.33. The standard InChI is InChI=1S/C15H10N2O5S3/c18-11(6-9-12(19)16-14(20)24-9)22-8-3-1-7(2-4-8)5-10-13(23)17-15(21)25-10/h1-5,9H,6H2,(H,16,19,20)(H,17,21,23)/b10-5-/t9-/m1/s1. The molecule has 0 bridgehead atoms. The molecule has 0 unspecified atom stereocenters. The molecule has 2 heterocycles. The van der Waals surface area contributed by atoms with Crippen molar-refractivity contribution < 1.29 is 23.9 Å². The Balaban J connectivity index is 1.59. The predicted molar refractivity (Wildman–Crippen MR) is 98.3 cm³/mol. The highest BCUT2D eigenvalue weighted by Crippen LogP contribution is 2.27. The summed E-state index contributed by atoms with van der Waals surface area (Å²) in [5.74, 6) is -0.768. The molecule has 0 radical (unpaired) electrons. The Labute approximate surface area is 155 Å². The van der Waals surface area contributed by atoms with Gasteiger partial charge in [-0.25, -0.2) is 0 Å². The number of carbonyl (C=O) groups is 4. The Morgan fingerprint density at radius 1 is 1.16 bits per heavy atom. The summed E-state index contributed by atoms with van der Waals surface area (Å²) < 4.78 is 5.16. The monoisotopic (exact) mass is 394 g/mol. The number of ether oxygens (including phenoxy) is 1. The fourth-order valence-electron chi connectivity index (χ4n) is 2.06. The molecule has 2 saturated heterocycles. The summed E-state index contributed by atoms with van der Waals surface area (Å²) in [4.78, 5) is 46.6. The third-order valence-corrected chi connectivity index (χ3v) is 5.43. The van der Waals surface area contributed by atoms with Gasteiger partial charge in [0.1, 0.15) is 16.0 Å². The zero-order valence-corrected chi connectivity index (χ0v) is 14.9. The van der Waals surface area contributed by atoms with Gasteiger partial charge in [0, 0.05) is 0 Å². The minimum atomic E-state index is -0.755. The third kappa shape index (κ3) is 4.47. The van der Waals surface area contributed by atoms with Gasteiger partial charge in [-0.1, -0.05) is 36.1 Å². The average Bonchev–Trinajstić information content (AvgIpc) is 3.02. The van der Waals surface area contributed by atoms with Crippen LogP contribution in [0.2, 0.25) is 0 Å². The second-order valence-electron chi connectivity index (χ2n) is 4.98. The van der Waals surface area contributed by atoms with Gasteiger partial charge in [-0.15, -0.1) is 0 Å². The maximum Gasteiger partial charge on any atom is 0.312 e. The van der Waals surface area contributed by atoms with E-state index >= 15 is 0 Å². The molecule has 3 rings (SSSR count). The molecule has 2 aliphatic rings. The Kier molecular flexibility index (Phi) is 5.21. The van der Waals surface area contributed by atoms with Crippen LogP contribution in [0.15, 0.2) is 29.2 Å². The molecule has 0 saturated carbocycles. The zero-order chi connectivity index (χ0) is 18.0. The number of thiocarbonyl (C=S) groups is 1. The SMILES string of the molecule is O=C(C[C@H]1SC(=O)NC1=O)Oc1ccc(/C=C2\SC(=O)NC2=S)cc1. The van der Waals surface area contributed by atoms with Crippen LogP contribution in [0, 0.1) is 0 Å². The first-order valence-electron chi connectivity index (χ1n) is 6.98. The number of esters is 1. The molecule has 0 spiro atoms. The van der Waals surface area contributed by atoms with E-state index in [4.69, 9.17) is 17.0 Å². The van der Waals surface area contributed by atoms with Gasteiger partial charge in [0.15, 0.2) is 0 Å². The summed E-state index contributed by atoms with van der Waals surface area (Å²) in [5, 5.41) is 3.21. The van der Waals surface area contributed by atoms with Crippen molar-refractivity contribution in [2.75, 3.05) is 0 Å². The molecule has 3 amide bonds. The van der Waals surface area contributed by atoms with Gasteiger partial charge in [0.05, 0.1) is 11.3 Å². The summed E-state index contributed by atoms with van der Waals surface area (Å²) in [5.41, 5.74) is 0.789. The lowest BCUT2D eigenvalue weighted by Crippen LogP contribution is -2.27. The summed E-state index contributed by atoms with van der Waals surface area (Å²) in [6.45, 7) is 0. The number of carbonyl (C=O) groups excluding carboxylic acids is 4. The van der Waals surface area contributed by atoms with Crippen LogP contribution in [-0.2, 0) is 9.59 Å². The average molecular weight is 394 g/mol. The van der Waals surface area contributed by atoms with Gasteiger partial charge >= 0.3 is 5.97 Å². The smallest absolute Gasteiger partial charge is 0.312 e. The lowest BCUT2D eigenvalue weighted by atomic mass is 10.2. The molecule has 1 aromatic rings. The van der Waals surface area contributed by atoms with Crippen LogP contribution in [0.3, 0.4) is 0 Å². The number of hydrogen-bond donors (Lipinski definition) is 2. The van der Waals surface area contributed by atoms with Crippen LogP contribution in [0.1, 0.15) is 12.0 Å². The largest absolute Gasteiger partial charge is 0.426 e. The van der Waals surface area contributed by atoms with Crippen molar-refractivity contribution in [1.29, 1.82) is 0 Å². The van der Waals surface area contributed by atoms with E-state index in [2.05, 4.69) is 10.6 Å². The lowest BCUT2D eigenvalue weighted by Gasteiger charge is -2.06. The highest BCUT2D eigenvalue weighted by molar-refractivity contribution is 8.19. The number of nitrogens with one attached hydrogen (secondary N) is 2. The molecule has 10 heteroatoms. The summed E-state index contributed by atoms with van der Waals surface area (Å²) in [6, 6.07) is 6.61. The van der Waals surface area contributed by atoms with E-state index in [-0.39, 0.29) is 11.7 Å². The Hall–Kier alpha value is -2.17. The van der Waals surface area contributed by atoms with Crippen LogP contribution in [0.5, 0.6) is 5.75 Å². The fraction of sp³-hybridized carbons (Fsp3) is 0.133. The van der Waals surface area contributed by atoms with Gasteiger partial charge in [-0.2, -0.15) is 0 Å². The highest BCUT2D eigenvalue weighted by atomic mass is 32.2. The molecule has 0 aromatic heterocycles. The normalized spacial score (nSPS) is 21.4. The van der Waals surface area contributed by atoms with Crippen molar-refractivity contribution in [3.63, 3.8) is 0 Å². The van der Waals surface area contributed by atoms with Crippen LogP contribution in [-0.4, -0.2) is 32.6 Å². The number of imide groups is 1. The Morgan fingerprint density at radius 3 is 2.44 bits per heavy atom. The molecule has 2 N–H and O–H groups in total. The molecule has 7 nitrogen and oxygen atoms in total. The first-order valence-corrected chi connectivity index (χ1v) is 9.08. The molecular weight excluding hydrogens is 384 g/mol. The van der Waals surface area contributed by atoms with Crippen LogP contribution >= 0.6 is 35.7 Å². The van der Waals surface area contributed by atoms with Crippen molar-refractivity contribution in [3.8, 4) is 5.75 Å². The number of amides is 3. The van der Waals surface area contributed by atoms with Crippen molar-refractivity contribution in [2.24, 2.45) is 0 Å². The topological polar surface area (TPSA) is 102 Å². The number of hydrogen-bond acceptors (Lipinski definition) is 8. The molecule has 0 aliphatic carbocycles. The molecule has 128 valence electrons. The van der Waals surface area contributed by atoms with Crippen LogP contribution in [0.25, 0.3) is 6.08 Å². The minimum Gasteiger partial charge on any atom is -0.426 e. The molecular formula is C15H10N2O5S3. The Morgan fingerprint density at radius 2 is 1.88 bits per heavy atom. The molecule has 25 heavy (non-hydrogen) atoms. The first-order chi connectivity index (χ1) is 11.9. The van der Waals surface area contributed by atoms with E-state index in [0.29, 0.717) is 15.6 Å². The second-order valence-corrected chi connectivity index (χ2v) is 7.58. The molecule has 1 atom stereocenters. The maximum atomic E-state index is 11.9. The summed E-state index contributed by atoms with van der Waals surface area (Å²) in [7, 11) is 0. The van der Waals surface area contributed by atoms with E-state index in [9.17, 15) is 19.2 Å². The maximum absolute atomic E-state index is 11.9. The summed E-state index contributed by atoms with van der Waals surface area (Å²) >= 11 is 6.83. The third-order valence-electron chi connectivity index (χ3n) is 3.17. The number of benzene rings is 1.